The Balaban J connectivity index is 2.65. The van der Waals surface area contributed by atoms with Crippen LogP contribution in [0.2, 0.25) is 0 Å². The Bertz CT molecular complexity index is 374. The second kappa shape index (κ2) is 6.53. The summed E-state index contributed by atoms with van der Waals surface area (Å²) in [5, 5.41) is 0. The zero-order chi connectivity index (χ0) is 13.6. The highest BCUT2D eigenvalue weighted by molar-refractivity contribution is 5.29. The van der Waals surface area contributed by atoms with E-state index in [-0.39, 0.29) is 6.61 Å². The van der Waals surface area contributed by atoms with Gasteiger partial charge in [0.05, 0.1) is 19.8 Å². The van der Waals surface area contributed by atoms with E-state index in [9.17, 15) is 13.2 Å². The molecule has 0 fully saturated rings. The number of alkyl halides is 3. The Hall–Kier alpha value is -1.38. The van der Waals surface area contributed by atoms with Crippen LogP contribution in [0.15, 0.2) is 18.3 Å². The molecule has 0 aliphatic heterocycles. The molecule has 0 saturated heterocycles. The van der Waals surface area contributed by atoms with Gasteiger partial charge in [-0.15, -0.1) is 0 Å². The summed E-state index contributed by atoms with van der Waals surface area (Å²) in [5.74, 6) is 5.70. The van der Waals surface area contributed by atoms with Gasteiger partial charge in [0, 0.05) is 6.20 Å². The minimum atomic E-state index is -4.37. The van der Waals surface area contributed by atoms with Crippen molar-refractivity contribution in [3.63, 3.8) is 0 Å². The maximum atomic E-state index is 11.9. The molecule has 0 aromatic carbocycles. The van der Waals surface area contributed by atoms with Gasteiger partial charge in [-0.05, 0) is 12.1 Å². The first-order valence-electron chi connectivity index (χ1n) is 5.07. The number of halogens is 3. The average Bonchev–Trinajstić information content (AvgIpc) is 2.33. The predicted molar refractivity (Wildman–Crippen MR) is 57.7 cm³/mol. The zero-order valence-corrected chi connectivity index (χ0v) is 9.70. The molecule has 0 saturated carbocycles. The third-order valence-corrected chi connectivity index (χ3v) is 2.10. The Morgan fingerprint density at radius 1 is 1.50 bits per heavy atom. The van der Waals surface area contributed by atoms with Crippen LogP contribution < -0.4 is 16.0 Å². The highest BCUT2D eigenvalue weighted by Gasteiger charge is 2.28. The smallest absolute Gasteiger partial charge is 0.411 e. The van der Waals surface area contributed by atoms with E-state index in [2.05, 4.69) is 15.1 Å². The predicted octanol–water partition coefficient (Wildman–Crippen LogP) is 1.17. The first-order valence-corrected chi connectivity index (χ1v) is 5.07. The molecule has 0 spiro atoms. The van der Waals surface area contributed by atoms with E-state index in [0.717, 1.165) is 0 Å². The van der Waals surface area contributed by atoms with E-state index in [1.54, 1.807) is 12.1 Å². The van der Waals surface area contributed by atoms with Gasteiger partial charge in [-0.2, -0.15) is 13.2 Å². The van der Waals surface area contributed by atoms with E-state index in [0.29, 0.717) is 11.4 Å². The first-order chi connectivity index (χ1) is 8.48. The van der Waals surface area contributed by atoms with Gasteiger partial charge < -0.3 is 9.47 Å². The van der Waals surface area contributed by atoms with Crippen molar-refractivity contribution >= 4 is 0 Å². The fourth-order valence-electron chi connectivity index (χ4n) is 1.34. The van der Waals surface area contributed by atoms with Crippen molar-refractivity contribution in [2.45, 2.75) is 12.2 Å². The molecule has 0 radical (unpaired) electrons. The molecule has 102 valence electrons. The highest BCUT2D eigenvalue weighted by Crippen LogP contribution is 2.22. The van der Waals surface area contributed by atoms with Crippen LogP contribution in [0.1, 0.15) is 11.7 Å². The van der Waals surface area contributed by atoms with Gasteiger partial charge >= 0.3 is 6.18 Å². The number of nitrogens with two attached hydrogens (primary N) is 1. The zero-order valence-electron chi connectivity index (χ0n) is 9.70. The summed E-state index contributed by atoms with van der Waals surface area (Å²) in [7, 11) is 1.44. The molecule has 0 aliphatic rings. The fourth-order valence-corrected chi connectivity index (χ4v) is 1.34. The summed E-state index contributed by atoms with van der Waals surface area (Å²) in [6.07, 6.45) is -2.88. The van der Waals surface area contributed by atoms with Gasteiger partial charge in [0.25, 0.3) is 0 Å². The van der Waals surface area contributed by atoms with Gasteiger partial charge in [-0.3, -0.25) is 10.8 Å². The summed E-state index contributed by atoms with van der Waals surface area (Å²) < 4.78 is 45.4. The second-order valence-corrected chi connectivity index (χ2v) is 3.44. The number of aromatic nitrogens is 1. The van der Waals surface area contributed by atoms with Crippen LogP contribution in [-0.2, 0) is 4.74 Å². The Kier molecular flexibility index (Phi) is 5.32. The van der Waals surface area contributed by atoms with E-state index in [4.69, 9.17) is 10.6 Å². The summed E-state index contributed by atoms with van der Waals surface area (Å²) >= 11 is 0. The lowest BCUT2D eigenvalue weighted by Crippen LogP contribution is -2.33. The number of hydrazine groups is 1. The lowest BCUT2D eigenvalue weighted by Gasteiger charge is -2.18. The third-order valence-electron chi connectivity index (χ3n) is 2.10. The molecule has 1 unspecified atom stereocenters. The van der Waals surface area contributed by atoms with Crippen LogP contribution in [0.25, 0.3) is 0 Å². The molecule has 8 heteroatoms. The molecule has 0 amide bonds. The molecular weight excluding hydrogens is 251 g/mol. The maximum Gasteiger partial charge on any atom is 0.411 e. The molecule has 1 aromatic rings. The van der Waals surface area contributed by atoms with Gasteiger partial charge in [-0.25, -0.2) is 5.43 Å². The summed E-state index contributed by atoms with van der Waals surface area (Å²) in [6, 6.07) is 2.60. The lowest BCUT2D eigenvalue weighted by molar-refractivity contribution is -0.175. The number of nitrogens with zero attached hydrogens (tertiary/aromatic N) is 1. The van der Waals surface area contributed by atoms with Crippen LogP contribution in [-0.4, -0.2) is 31.5 Å². The number of hydrogen-bond acceptors (Lipinski definition) is 5. The summed E-state index contributed by atoms with van der Waals surface area (Å²) in [4.78, 5) is 4.01. The SMILES string of the molecule is COc1cccnc1C(COCC(F)(F)F)NN. The summed E-state index contributed by atoms with van der Waals surface area (Å²) in [5.41, 5.74) is 2.74. The van der Waals surface area contributed by atoms with Gasteiger partial charge in [0.1, 0.15) is 18.1 Å². The standard InChI is InChI=1S/C10H14F3N3O2/c1-17-8-3-2-4-15-9(8)7(16-14)5-18-6-10(11,12)13/h2-4,7,16H,5-6,14H2,1H3. The largest absolute Gasteiger partial charge is 0.495 e. The van der Waals surface area contributed by atoms with Gasteiger partial charge in [0.2, 0.25) is 0 Å². The molecule has 0 bridgehead atoms. The van der Waals surface area contributed by atoms with Crippen LogP contribution in [0.3, 0.4) is 0 Å². The van der Waals surface area contributed by atoms with E-state index >= 15 is 0 Å². The van der Waals surface area contributed by atoms with E-state index < -0.39 is 18.8 Å². The monoisotopic (exact) mass is 265 g/mol. The Labute approximate surface area is 102 Å². The molecule has 1 aromatic heterocycles. The normalized spacial score (nSPS) is 13.4. The maximum absolute atomic E-state index is 11.9. The molecule has 0 aliphatic carbocycles. The quantitative estimate of drug-likeness (QED) is 0.597. The van der Waals surface area contributed by atoms with Crippen LogP contribution in [0.4, 0.5) is 13.2 Å². The number of hydrogen-bond donors (Lipinski definition) is 2. The van der Waals surface area contributed by atoms with Crippen molar-refractivity contribution < 1.29 is 22.6 Å². The number of nitrogens with one attached hydrogen (secondary N) is 1. The van der Waals surface area contributed by atoms with Gasteiger partial charge in [-0.1, -0.05) is 0 Å². The van der Waals surface area contributed by atoms with E-state index in [1.165, 1.54) is 13.3 Å². The molecule has 1 atom stereocenters. The Morgan fingerprint density at radius 3 is 2.78 bits per heavy atom. The minimum Gasteiger partial charge on any atom is -0.495 e. The molecule has 5 nitrogen and oxygen atoms in total. The molecule has 3 N–H and O–H groups in total. The van der Waals surface area contributed by atoms with E-state index in [1.807, 2.05) is 0 Å². The third kappa shape index (κ3) is 4.47. The van der Waals surface area contributed by atoms with Crippen molar-refractivity contribution in [3.05, 3.63) is 24.0 Å². The van der Waals surface area contributed by atoms with Crippen LogP contribution >= 0.6 is 0 Å². The molecule has 1 rings (SSSR count). The minimum absolute atomic E-state index is 0.261. The second-order valence-electron chi connectivity index (χ2n) is 3.44. The van der Waals surface area contributed by atoms with Crippen molar-refractivity contribution in [3.8, 4) is 5.75 Å². The summed E-state index contributed by atoms with van der Waals surface area (Å²) in [6.45, 7) is -1.59. The van der Waals surface area contributed by atoms with Crippen molar-refractivity contribution in [1.29, 1.82) is 0 Å². The van der Waals surface area contributed by atoms with Crippen molar-refractivity contribution in [2.24, 2.45) is 5.84 Å². The van der Waals surface area contributed by atoms with Crippen LogP contribution in [0, 0.1) is 0 Å². The van der Waals surface area contributed by atoms with Crippen molar-refractivity contribution in [1.82, 2.24) is 10.4 Å². The van der Waals surface area contributed by atoms with Crippen LogP contribution in [0.5, 0.6) is 5.75 Å². The van der Waals surface area contributed by atoms with Gasteiger partial charge in [0.15, 0.2) is 0 Å². The number of ether oxygens (including phenoxy) is 2. The number of pyridine rings is 1. The lowest BCUT2D eigenvalue weighted by atomic mass is 10.2. The molecular formula is C10H14F3N3O2. The number of methoxy groups -OCH3 is 1. The first kappa shape index (κ1) is 14.7. The fraction of sp³-hybridized carbons (Fsp3) is 0.500. The number of rotatable bonds is 6. The average molecular weight is 265 g/mol. The Morgan fingerprint density at radius 2 is 2.22 bits per heavy atom. The van der Waals surface area contributed by atoms with Crippen molar-refractivity contribution in [2.75, 3.05) is 20.3 Å². The highest BCUT2D eigenvalue weighted by atomic mass is 19.4. The molecule has 18 heavy (non-hydrogen) atoms. The topological polar surface area (TPSA) is 69.4 Å². The molecule has 1 heterocycles.